The molecule has 200 valence electrons. The molecule has 1 aliphatic carbocycles. The fraction of sp³-hybridized carbons (Fsp3) is 0.417. The van der Waals surface area contributed by atoms with E-state index in [9.17, 15) is 13.7 Å². The number of piperidine rings is 1. The summed E-state index contributed by atoms with van der Waals surface area (Å²) < 4.78 is 28.3. The number of sulfonamides is 1. The van der Waals surface area contributed by atoms with E-state index in [0.29, 0.717) is 60.3 Å². The Hall–Kier alpha value is -2.85. The fourth-order valence-corrected chi connectivity index (χ4v) is 6.72. The van der Waals surface area contributed by atoms with E-state index in [0.717, 1.165) is 24.1 Å². The third kappa shape index (κ3) is 6.49. The molecule has 39 heavy (non-hydrogen) atoms. The topological polar surface area (TPSA) is 129 Å². The van der Waals surface area contributed by atoms with Gasteiger partial charge in [0.25, 0.3) is 0 Å². The lowest BCUT2D eigenvalue weighted by atomic mass is 9.49. The van der Waals surface area contributed by atoms with Crippen LogP contribution in [-0.4, -0.2) is 85.6 Å². The van der Waals surface area contributed by atoms with E-state index < -0.39 is 10.0 Å². The van der Waals surface area contributed by atoms with Gasteiger partial charge in [0.05, 0.1) is 39.6 Å². The van der Waals surface area contributed by atoms with E-state index in [4.69, 9.17) is 11.6 Å². The molecule has 2 N–H and O–H groups in total. The molecule has 3 aromatic rings. The predicted molar refractivity (Wildman–Crippen MR) is 160 cm³/mol. The van der Waals surface area contributed by atoms with Gasteiger partial charge in [-0.3, -0.25) is 0 Å². The minimum Gasteiger partial charge on any atom is -0.351 e. The third-order valence-corrected chi connectivity index (χ3v) is 9.64. The molecule has 0 bridgehead atoms. The van der Waals surface area contributed by atoms with Crippen molar-refractivity contribution in [3.8, 4) is 23.0 Å². The molecule has 2 aromatic heterocycles. The molecule has 0 unspecified atom stereocenters. The molecule has 1 saturated carbocycles. The van der Waals surface area contributed by atoms with E-state index in [-0.39, 0.29) is 16.5 Å². The molecule has 15 heteroatoms. The van der Waals surface area contributed by atoms with E-state index in [1.165, 1.54) is 6.20 Å². The first-order valence-corrected chi connectivity index (χ1v) is 15.0. The second-order valence-electron chi connectivity index (χ2n) is 11.2. The Morgan fingerprint density at radius 1 is 1.15 bits per heavy atom. The summed E-state index contributed by atoms with van der Waals surface area (Å²) in [4.78, 5) is 8.96. The van der Waals surface area contributed by atoms with E-state index in [1.807, 2.05) is 18.2 Å². The predicted octanol–water partition coefficient (Wildman–Crippen LogP) is -0.177. The maximum atomic E-state index is 12.5. The summed E-state index contributed by atoms with van der Waals surface area (Å²) in [5.74, 6) is 0.397. The van der Waals surface area contributed by atoms with Gasteiger partial charge >= 0.3 is 0 Å². The van der Waals surface area contributed by atoms with Crippen LogP contribution in [0.4, 0.5) is 5.95 Å². The van der Waals surface area contributed by atoms with Crippen LogP contribution in [0.5, 0.6) is 0 Å². The van der Waals surface area contributed by atoms with Crippen molar-refractivity contribution in [1.82, 2.24) is 29.4 Å². The highest BCUT2D eigenvalue weighted by molar-refractivity contribution is 7.90. The van der Waals surface area contributed by atoms with Crippen LogP contribution in [0, 0.1) is 11.3 Å². The molecule has 0 atom stereocenters. The molecule has 0 amide bonds. The quantitative estimate of drug-likeness (QED) is 0.344. The zero-order valence-corrected chi connectivity index (χ0v) is 23.9. The summed E-state index contributed by atoms with van der Waals surface area (Å²) in [6.07, 6.45) is 7.82. The van der Waals surface area contributed by atoms with Gasteiger partial charge < -0.3 is 10.6 Å². The van der Waals surface area contributed by atoms with Gasteiger partial charge in [-0.1, -0.05) is 22.9 Å². The maximum absolute atomic E-state index is 12.5. The van der Waals surface area contributed by atoms with Crippen LogP contribution in [0.25, 0.3) is 16.9 Å². The number of halogens is 1. The van der Waals surface area contributed by atoms with E-state index >= 15 is 0 Å². The molecular formula is C24H30B3ClN8O2S. The van der Waals surface area contributed by atoms with Gasteiger partial charge in [0.1, 0.15) is 29.6 Å². The van der Waals surface area contributed by atoms with Gasteiger partial charge in [-0.25, -0.2) is 27.4 Å². The second-order valence-corrected chi connectivity index (χ2v) is 13.8. The average molecular weight is 563 g/mol. The SMILES string of the molecule is BC(B)(B)NCc1ccc(-n2cc(-c3nc(NC4CCN(S(=O)(=O)C5CC5)CC4)ncc3C#N)cn2)c(Cl)c1. The van der Waals surface area contributed by atoms with E-state index in [2.05, 4.69) is 55.3 Å². The minimum absolute atomic E-state index is 0.000238. The van der Waals surface area contributed by atoms with E-state index in [1.54, 1.807) is 21.4 Å². The Bertz CT molecular complexity index is 1510. The van der Waals surface area contributed by atoms with Crippen LogP contribution < -0.4 is 10.6 Å². The number of nitrogens with one attached hydrogen (secondary N) is 2. The highest BCUT2D eigenvalue weighted by atomic mass is 35.5. The Labute approximate surface area is 236 Å². The molecule has 1 saturated heterocycles. The summed E-state index contributed by atoms with van der Waals surface area (Å²) in [6, 6.07) is 8.06. The smallest absolute Gasteiger partial charge is 0.223 e. The number of hydrogen-bond donors (Lipinski definition) is 2. The number of aromatic nitrogens is 4. The lowest BCUT2D eigenvalue weighted by Gasteiger charge is -2.31. The van der Waals surface area contributed by atoms with Crippen LogP contribution in [0.15, 0.2) is 36.8 Å². The summed E-state index contributed by atoms with van der Waals surface area (Å²) in [5.41, 5.74) is 3.26. The fourth-order valence-electron chi connectivity index (χ4n) is 4.56. The molecule has 0 spiro atoms. The third-order valence-electron chi connectivity index (χ3n) is 6.94. The van der Waals surface area contributed by atoms with Crippen molar-refractivity contribution in [2.45, 2.75) is 48.8 Å². The van der Waals surface area contributed by atoms with Crippen molar-refractivity contribution in [1.29, 1.82) is 5.26 Å². The first kappa shape index (κ1) is 27.7. The zero-order chi connectivity index (χ0) is 27.8. The average Bonchev–Trinajstić information content (AvgIpc) is 3.66. The van der Waals surface area contributed by atoms with Crippen LogP contribution in [0.2, 0.25) is 5.02 Å². The Morgan fingerprint density at radius 3 is 2.54 bits per heavy atom. The Kier molecular flexibility index (Phi) is 7.79. The molecule has 2 fully saturated rings. The summed E-state index contributed by atoms with van der Waals surface area (Å²) in [5, 5.41) is 21.3. The van der Waals surface area contributed by atoms with Crippen molar-refractivity contribution < 1.29 is 8.42 Å². The largest absolute Gasteiger partial charge is 0.351 e. The van der Waals surface area contributed by atoms with Crippen LogP contribution in [0.1, 0.15) is 36.8 Å². The molecule has 0 radical (unpaired) electrons. The summed E-state index contributed by atoms with van der Waals surface area (Å²) in [7, 11) is 3.19. The lowest BCUT2D eigenvalue weighted by molar-refractivity contribution is 0.328. The molecule has 2 aliphatic rings. The summed E-state index contributed by atoms with van der Waals surface area (Å²) in [6.45, 7) is 1.67. The van der Waals surface area contributed by atoms with Crippen molar-refractivity contribution in [3.63, 3.8) is 0 Å². The number of benzene rings is 1. The molecule has 10 nitrogen and oxygen atoms in total. The van der Waals surface area contributed by atoms with Crippen LogP contribution >= 0.6 is 11.6 Å². The molecule has 5 rings (SSSR count). The minimum atomic E-state index is -3.16. The normalized spacial score (nSPS) is 17.1. The first-order chi connectivity index (χ1) is 18.5. The van der Waals surface area contributed by atoms with Crippen LogP contribution in [0.3, 0.4) is 0 Å². The molecule has 3 heterocycles. The number of anilines is 1. The second kappa shape index (κ2) is 11.0. The maximum Gasteiger partial charge on any atom is 0.223 e. The number of hydrogen-bond acceptors (Lipinski definition) is 8. The Morgan fingerprint density at radius 2 is 1.90 bits per heavy atom. The Balaban J connectivity index is 1.29. The molecule has 1 aliphatic heterocycles. The lowest BCUT2D eigenvalue weighted by Crippen LogP contribution is -2.46. The monoisotopic (exact) mass is 562 g/mol. The van der Waals surface area contributed by atoms with Gasteiger partial charge in [-0.05, 0) is 43.4 Å². The number of nitriles is 1. The highest BCUT2D eigenvalue weighted by Gasteiger charge is 2.41. The summed E-state index contributed by atoms with van der Waals surface area (Å²) >= 11 is 6.60. The van der Waals surface area contributed by atoms with Gasteiger partial charge in [0.2, 0.25) is 16.0 Å². The first-order valence-electron chi connectivity index (χ1n) is 13.1. The van der Waals surface area contributed by atoms with Crippen molar-refractivity contribution >= 4 is 51.1 Å². The van der Waals surface area contributed by atoms with Crippen molar-refractivity contribution in [3.05, 3.63) is 52.9 Å². The number of rotatable bonds is 9. The zero-order valence-electron chi connectivity index (χ0n) is 22.4. The van der Waals surface area contributed by atoms with Crippen molar-refractivity contribution in [2.75, 3.05) is 18.4 Å². The van der Waals surface area contributed by atoms with Gasteiger partial charge in [-0.15, -0.1) is 0 Å². The van der Waals surface area contributed by atoms with Crippen molar-refractivity contribution in [2.24, 2.45) is 0 Å². The number of nitrogens with zero attached hydrogens (tertiary/aromatic N) is 6. The molecular weight excluding hydrogens is 532 g/mol. The highest BCUT2D eigenvalue weighted by Crippen LogP contribution is 2.33. The molecule has 1 aromatic carbocycles. The van der Waals surface area contributed by atoms with Gasteiger partial charge in [0.15, 0.2) is 0 Å². The van der Waals surface area contributed by atoms with Crippen LogP contribution in [-0.2, 0) is 16.6 Å². The standard InChI is InChI=1S/C24H30B3ClN8O2S/c25-24(26,27)31-11-15-1-4-21(20(28)9-15)36-14-17(13-32-36)22-16(10-29)12-30-23(34-22)33-18-5-7-35(8-6-18)39(37,38)19-2-3-19/h1,4,9,12-14,18-19,31H,2-3,5-8,11,25-27H2,(H,30,33,34). The van der Waals surface area contributed by atoms with Gasteiger partial charge in [-0.2, -0.15) is 10.4 Å². The van der Waals surface area contributed by atoms with Gasteiger partial charge in [0, 0.05) is 37.4 Å².